The zero-order valence-electron chi connectivity index (χ0n) is 17.2. The van der Waals surface area contributed by atoms with Crippen LogP contribution in [-0.4, -0.2) is 56.0 Å². The van der Waals surface area contributed by atoms with Crippen LogP contribution in [0.1, 0.15) is 28.5 Å². The molecule has 0 aliphatic carbocycles. The van der Waals surface area contributed by atoms with Gasteiger partial charge in [0.05, 0.1) is 39.4 Å². The number of nitrogens with zero attached hydrogens (tertiary/aromatic N) is 1. The minimum Gasteiger partial charge on any atom is -0.507 e. The van der Waals surface area contributed by atoms with Gasteiger partial charge in [-0.25, -0.2) is 0 Å². The number of Topliss-reactive ketones (excluding diaryl/α,β-unsaturated/α-hetero) is 1. The first-order chi connectivity index (χ1) is 13.8. The first kappa shape index (κ1) is 21.1. The van der Waals surface area contributed by atoms with Gasteiger partial charge in [-0.05, 0) is 42.1 Å². The van der Waals surface area contributed by atoms with Crippen LogP contribution in [0.2, 0.25) is 0 Å². The van der Waals surface area contributed by atoms with E-state index in [0.29, 0.717) is 17.9 Å². The van der Waals surface area contributed by atoms with E-state index in [1.54, 1.807) is 30.2 Å². The second-order valence-corrected chi connectivity index (χ2v) is 8.48. The van der Waals surface area contributed by atoms with E-state index in [0.717, 1.165) is 23.4 Å². The lowest BCUT2D eigenvalue weighted by Gasteiger charge is -2.24. The van der Waals surface area contributed by atoms with Gasteiger partial charge in [-0.1, -0.05) is 6.07 Å². The molecule has 3 rings (SSSR count). The Morgan fingerprint density at radius 2 is 2.03 bits per heavy atom. The number of thiophene rings is 1. The molecule has 154 valence electrons. The third kappa shape index (κ3) is 4.21. The number of carbonyl (C=O) groups excluding carboxylic acids is 2. The molecule has 1 fully saturated rings. The number of hydrogen-bond donors (Lipinski definition) is 2. The van der Waals surface area contributed by atoms with Gasteiger partial charge in [0.1, 0.15) is 11.5 Å². The molecule has 0 bridgehead atoms. The Hall–Kier alpha value is -2.64. The van der Waals surface area contributed by atoms with Crippen LogP contribution in [0.25, 0.3) is 5.76 Å². The number of nitrogens with one attached hydrogen (secondary N) is 1. The average Bonchev–Trinajstić information content (AvgIpc) is 3.29. The minimum absolute atomic E-state index is 0.136. The van der Waals surface area contributed by atoms with Crippen molar-refractivity contribution in [3.63, 3.8) is 0 Å². The first-order valence-corrected chi connectivity index (χ1v) is 10.5. The number of carbonyl (C=O) groups is 2. The summed E-state index contributed by atoms with van der Waals surface area (Å²) >= 11 is 1.48. The summed E-state index contributed by atoms with van der Waals surface area (Å²) in [4.78, 5) is 29.5. The van der Waals surface area contributed by atoms with Crippen molar-refractivity contribution in [2.45, 2.75) is 19.4 Å². The number of rotatable bonds is 7. The summed E-state index contributed by atoms with van der Waals surface area (Å²) in [6, 6.07) is 8.48. The van der Waals surface area contributed by atoms with Crippen molar-refractivity contribution >= 4 is 28.8 Å². The summed E-state index contributed by atoms with van der Waals surface area (Å²) in [5.41, 5.74) is 1.46. The molecule has 0 spiro atoms. The SMILES string of the molecule is COc1ccc(C(O)=C2C(=O)C(=O)N(CCC[NH+](C)C)C2c2cccs2)c(C)c1. The number of methoxy groups -OCH3 is 1. The molecular weight excluding hydrogens is 388 g/mol. The number of quaternary nitrogens is 1. The Balaban J connectivity index is 2.06. The smallest absolute Gasteiger partial charge is 0.295 e. The minimum atomic E-state index is -0.631. The maximum atomic E-state index is 12.9. The summed E-state index contributed by atoms with van der Waals surface area (Å²) in [6.07, 6.45) is 0.777. The predicted molar refractivity (Wildman–Crippen MR) is 113 cm³/mol. The molecule has 2 aromatic rings. The summed E-state index contributed by atoms with van der Waals surface area (Å²) in [7, 11) is 5.68. The number of amides is 1. The predicted octanol–water partition coefficient (Wildman–Crippen LogP) is 2.02. The van der Waals surface area contributed by atoms with Gasteiger partial charge < -0.3 is 19.6 Å². The van der Waals surface area contributed by atoms with Gasteiger partial charge in [-0.3, -0.25) is 9.59 Å². The molecule has 2 N–H and O–H groups in total. The molecule has 1 aromatic carbocycles. The molecule has 1 saturated heterocycles. The van der Waals surface area contributed by atoms with Crippen molar-refractivity contribution in [2.24, 2.45) is 0 Å². The first-order valence-electron chi connectivity index (χ1n) is 9.61. The fourth-order valence-corrected chi connectivity index (χ4v) is 4.48. The fourth-order valence-electron chi connectivity index (χ4n) is 3.63. The molecule has 7 heteroatoms. The van der Waals surface area contributed by atoms with Crippen LogP contribution in [0.4, 0.5) is 0 Å². The van der Waals surface area contributed by atoms with Crippen molar-refractivity contribution < 1.29 is 24.3 Å². The molecule has 1 aliphatic heterocycles. The van der Waals surface area contributed by atoms with Crippen LogP contribution in [-0.2, 0) is 9.59 Å². The Kier molecular flexibility index (Phi) is 6.39. The topological polar surface area (TPSA) is 71.3 Å². The Morgan fingerprint density at radius 1 is 1.28 bits per heavy atom. The van der Waals surface area contributed by atoms with Gasteiger partial charge in [0.25, 0.3) is 11.7 Å². The molecule has 1 aromatic heterocycles. The Morgan fingerprint density at radius 3 is 2.62 bits per heavy atom. The summed E-state index contributed by atoms with van der Waals surface area (Å²) < 4.78 is 5.23. The molecule has 2 heterocycles. The molecule has 6 nitrogen and oxygen atoms in total. The largest absolute Gasteiger partial charge is 0.507 e. The zero-order chi connectivity index (χ0) is 21.1. The molecule has 0 saturated carbocycles. The monoisotopic (exact) mass is 415 g/mol. The second kappa shape index (κ2) is 8.80. The maximum Gasteiger partial charge on any atom is 0.295 e. The van der Waals surface area contributed by atoms with Crippen LogP contribution < -0.4 is 9.64 Å². The van der Waals surface area contributed by atoms with E-state index < -0.39 is 17.7 Å². The van der Waals surface area contributed by atoms with E-state index in [1.165, 1.54) is 16.2 Å². The van der Waals surface area contributed by atoms with Gasteiger partial charge in [0, 0.05) is 23.4 Å². The number of hydrogen-bond acceptors (Lipinski definition) is 5. The Labute approximate surface area is 175 Å². The van der Waals surface area contributed by atoms with E-state index in [-0.39, 0.29) is 11.3 Å². The number of benzene rings is 1. The van der Waals surface area contributed by atoms with Crippen molar-refractivity contribution in [1.82, 2.24) is 4.90 Å². The highest BCUT2D eigenvalue weighted by Crippen LogP contribution is 2.41. The third-order valence-electron chi connectivity index (χ3n) is 5.12. The lowest BCUT2D eigenvalue weighted by molar-refractivity contribution is -0.858. The molecular formula is C22H27N2O4S+. The quantitative estimate of drug-likeness (QED) is 0.412. The number of aliphatic hydroxyl groups is 1. The molecule has 1 unspecified atom stereocenters. The van der Waals surface area contributed by atoms with Crippen LogP contribution in [0.3, 0.4) is 0 Å². The van der Waals surface area contributed by atoms with Gasteiger partial charge in [0.15, 0.2) is 0 Å². The lowest BCUT2D eigenvalue weighted by Crippen LogP contribution is -3.05. The van der Waals surface area contributed by atoms with Crippen molar-refractivity contribution in [1.29, 1.82) is 0 Å². The number of likely N-dealkylation sites (tertiary alicyclic amines) is 1. The van der Waals surface area contributed by atoms with E-state index in [4.69, 9.17) is 4.74 Å². The number of ether oxygens (including phenoxy) is 1. The van der Waals surface area contributed by atoms with Gasteiger partial charge in [-0.15, -0.1) is 11.3 Å². The van der Waals surface area contributed by atoms with Crippen molar-refractivity contribution in [3.8, 4) is 5.75 Å². The number of ketones is 1. The molecule has 1 amide bonds. The number of aliphatic hydroxyl groups excluding tert-OH is 1. The number of aryl methyl sites for hydroxylation is 1. The van der Waals surface area contributed by atoms with Gasteiger partial charge >= 0.3 is 0 Å². The maximum absolute atomic E-state index is 12.9. The van der Waals surface area contributed by atoms with E-state index in [9.17, 15) is 14.7 Å². The highest BCUT2D eigenvalue weighted by molar-refractivity contribution is 7.10. The second-order valence-electron chi connectivity index (χ2n) is 7.50. The zero-order valence-corrected chi connectivity index (χ0v) is 18.0. The van der Waals surface area contributed by atoms with Crippen molar-refractivity contribution in [3.05, 3.63) is 57.3 Å². The van der Waals surface area contributed by atoms with E-state index >= 15 is 0 Å². The van der Waals surface area contributed by atoms with E-state index in [2.05, 4.69) is 14.1 Å². The summed E-state index contributed by atoms with van der Waals surface area (Å²) in [5.74, 6) is -0.652. The van der Waals surface area contributed by atoms with Gasteiger partial charge in [0.2, 0.25) is 0 Å². The van der Waals surface area contributed by atoms with Crippen LogP contribution in [0.5, 0.6) is 5.75 Å². The standard InChI is InChI=1S/C22H26N2O4S/c1-14-13-15(28-4)8-9-16(14)20(25)18-19(17-7-5-12-29-17)24(22(27)21(18)26)11-6-10-23(2)3/h5,7-9,12-13,19,25H,6,10-11H2,1-4H3/p+1. The molecule has 29 heavy (non-hydrogen) atoms. The fraction of sp³-hybridized carbons (Fsp3) is 0.364. The van der Waals surface area contributed by atoms with Crippen LogP contribution >= 0.6 is 11.3 Å². The molecule has 1 atom stereocenters. The van der Waals surface area contributed by atoms with Crippen molar-refractivity contribution in [2.75, 3.05) is 34.3 Å². The summed E-state index contributed by atoms with van der Waals surface area (Å²) in [5, 5.41) is 13.0. The van der Waals surface area contributed by atoms with E-state index in [1.807, 2.05) is 24.4 Å². The highest BCUT2D eigenvalue weighted by atomic mass is 32.1. The average molecular weight is 416 g/mol. The lowest BCUT2D eigenvalue weighted by atomic mass is 9.97. The van der Waals surface area contributed by atoms with Gasteiger partial charge in [-0.2, -0.15) is 0 Å². The molecule has 0 radical (unpaired) electrons. The third-order valence-corrected chi connectivity index (χ3v) is 6.04. The Bertz CT molecular complexity index is 934. The normalized spacial score (nSPS) is 18.7. The van der Waals surface area contributed by atoms with Crippen LogP contribution in [0.15, 0.2) is 41.3 Å². The molecule has 1 aliphatic rings. The highest BCUT2D eigenvalue weighted by Gasteiger charge is 2.46. The summed E-state index contributed by atoms with van der Waals surface area (Å²) in [6.45, 7) is 3.20. The van der Waals surface area contributed by atoms with Crippen LogP contribution in [0, 0.1) is 6.92 Å².